The Morgan fingerprint density at radius 3 is 2.50 bits per heavy atom. The number of aliphatic imine (C=N–C) groups is 1. The van der Waals surface area contributed by atoms with Gasteiger partial charge in [0.2, 0.25) is 0 Å². The summed E-state index contributed by atoms with van der Waals surface area (Å²) in [7, 11) is 0. The second kappa shape index (κ2) is 7.06. The fourth-order valence-corrected chi connectivity index (χ4v) is 2.29. The maximum Gasteiger partial charge on any atom is 0.416 e. The lowest BCUT2D eigenvalue weighted by Gasteiger charge is -2.16. The summed E-state index contributed by atoms with van der Waals surface area (Å²) in [6.45, 7) is 4.31. The van der Waals surface area contributed by atoms with Gasteiger partial charge in [-0.05, 0) is 38.3 Å². The van der Waals surface area contributed by atoms with Gasteiger partial charge in [-0.3, -0.25) is 4.99 Å². The van der Waals surface area contributed by atoms with Gasteiger partial charge in [0.1, 0.15) is 0 Å². The molecule has 0 bridgehead atoms. The fraction of sp³-hybridized carbons (Fsp3) is 0.533. The predicted molar refractivity (Wildman–Crippen MR) is 92.5 cm³/mol. The van der Waals surface area contributed by atoms with Crippen LogP contribution in [0.3, 0.4) is 0 Å². The molecule has 0 aromatic heterocycles. The highest BCUT2D eigenvalue weighted by Gasteiger charge is 2.45. The van der Waals surface area contributed by atoms with E-state index in [0.717, 1.165) is 18.9 Å². The second-order valence-electron chi connectivity index (χ2n) is 5.86. The van der Waals surface area contributed by atoms with Crippen molar-refractivity contribution in [3.63, 3.8) is 0 Å². The smallest absolute Gasteiger partial charge is 0.370 e. The highest BCUT2D eigenvalue weighted by atomic mass is 127. The van der Waals surface area contributed by atoms with Crippen LogP contribution in [0.25, 0.3) is 0 Å². The van der Waals surface area contributed by atoms with Crippen LogP contribution < -0.4 is 11.1 Å². The van der Waals surface area contributed by atoms with Gasteiger partial charge in [-0.1, -0.05) is 18.2 Å². The van der Waals surface area contributed by atoms with Crippen LogP contribution in [0, 0.1) is 0 Å². The van der Waals surface area contributed by atoms with Gasteiger partial charge in [-0.15, -0.1) is 24.0 Å². The Kier molecular flexibility index (Phi) is 6.11. The average molecular weight is 427 g/mol. The molecule has 2 rings (SSSR count). The Hall–Kier alpha value is -0.990. The molecular weight excluding hydrogens is 406 g/mol. The fourth-order valence-electron chi connectivity index (χ4n) is 2.29. The molecule has 3 N–H and O–H groups in total. The van der Waals surface area contributed by atoms with Crippen LogP contribution in [0.5, 0.6) is 0 Å². The number of nitrogens with two attached hydrogens (primary N) is 1. The van der Waals surface area contributed by atoms with Crippen molar-refractivity contribution in [1.82, 2.24) is 5.32 Å². The molecule has 0 aliphatic heterocycles. The first kappa shape index (κ1) is 19.1. The van der Waals surface area contributed by atoms with Gasteiger partial charge < -0.3 is 11.1 Å². The molecule has 1 aromatic rings. The number of nitrogens with one attached hydrogen (secondary N) is 1. The number of halogens is 4. The van der Waals surface area contributed by atoms with Gasteiger partial charge in [0.25, 0.3) is 0 Å². The largest absolute Gasteiger partial charge is 0.416 e. The standard InChI is InChI=1S/C15H20F3N3.HI/c1-10(2)21-13(19)20-9-14(6-7-14)11-4-3-5-12(8-11)15(16,17)18;/h3-5,8,10H,6-7,9H2,1-2H3,(H3,19,20,21);1H. The summed E-state index contributed by atoms with van der Waals surface area (Å²) in [5, 5.41) is 2.98. The lowest BCUT2D eigenvalue weighted by atomic mass is 9.94. The molecule has 0 amide bonds. The number of hydrogen-bond donors (Lipinski definition) is 2. The van der Waals surface area contributed by atoms with E-state index in [-0.39, 0.29) is 35.4 Å². The minimum Gasteiger partial charge on any atom is -0.370 e. The lowest BCUT2D eigenvalue weighted by molar-refractivity contribution is -0.137. The summed E-state index contributed by atoms with van der Waals surface area (Å²) in [5.41, 5.74) is 5.54. The number of hydrogen-bond acceptors (Lipinski definition) is 1. The summed E-state index contributed by atoms with van der Waals surface area (Å²) >= 11 is 0. The molecule has 0 saturated heterocycles. The van der Waals surface area contributed by atoms with Gasteiger partial charge >= 0.3 is 6.18 Å². The summed E-state index contributed by atoms with van der Waals surface area (Å²) < 4.78 is 38.3. The Morgan fingerprint density at radius 2 is 2.00 bits per heavy atom. The molecule has 1 fully saturated rings. The van der Waals surface area contributed by atoms with Crippen molar-refractivity contribution in [3.05, 3.63) is 35.4 Å². The van der Waals surface area contributed by atoms with Crippen molar-refractivity contribution >= 4 is 29.9 Å². The number of alkyl halides is 3. The van der Waals surface area contributed by atoms with E-state index in [1.807, 2.05) is 13.8 Å². The molecule has 0 radical (unpaired) electrons. The average Bonchev–Trinajstić information content (AvgIpc) is 3.16. The van der Waals surface area contributed by atoms with Crippen LogP contribution >= 0.6 is 24.0 Å². The highest BCUT2D eigenvalue weighted by molar-refractivity contribution is 14.0. The van der Waals surface area contributed by atoms with E-state index in [4.69, 9.17) is 5.73 Å². The van der Waals surface area contributed by atoms with Crippen molar-refractivity contribution in [2.24, 2.45) is 10.7 Å². The number of benzene rings is 1. The summed E-state index contributed by atoms with van der Waals surface area (Å²) in [5.74, 6) is 0.336. The van der Waals surface area contributed by atoms with E-state index < -0.39 is 11.7 Å². The Bertz CT molecular complexity index is 537. The van der Waals surface area contributed by atoms with Crippen molar-refractivity contribution in [1.29, 1.82) is 0 Å². The molecule has 1 aromatic carbocycles. The molecule has 0 atom stereocenters. The van der Waals surface area contributed by atoms with Crippen LogP contribution in [0.15, 0.2) is 29.3 Å². The van der Waals surface area contributed by atoms with E-state index >= 15 is 0 Å². The molecular formula is C15H21F3IN3. The van der Waals surface area contributed by atoms with Crippen molar-refractivity contribution in [2.75, 3.05) is 6.54 Å². The van der Waals surface area contributed by atoms with Gasteiger partial charge in [-0.25, -0.2) is 0 Å². The van der Waals surface area contributed by atoms with Gasteiger partial charge in [-0.2, -0.15) is 13.2 Å². The topological polar surface area (TPSA) is 50.4 Å². The Balaban J connectivity index is 0.00000242. The predicted octanol–water partition coefficient (Wildman–Crippen LogP) is 3.67. The maximum atomic E-state index is 12.8. The summed E-state index contributed by atoms with van der Waals surface area (Å²) in [6.07, 6.45) is -2.63. The molecule has 1 aliphatic rings. The Labute approximate surface area is 145 Å². The van der Waals surface area contributed by atoms with E-state index in [2.05, 4.69) is 10.3 Å². The monoisotopic (exact) mass is 427 g/mol. The van der Waals surface area contributed by atoms with Gasteiger partial charge in [0, 0.05) is 11.5 Å². The first-order chi connectivity index (χ1) is 9.73. The summed E-state index contributed by atoms with van der Waals surface area (Å²) in [4.78, 5) is 4.27. The van der Waals surface area contributed by atoms with E-state index in [1.165, 1.54) is 12.1 Å². The SMILES string of the molecule is CC(C)NC(N)=NCC1(c2cccc(C(F)(F)F)c2)CC1.I. The highest BCUT2D eigenvalue weighted by Crippen LogP contribution is 2.49. The van der Waals surface area contributed by atoms with Gasteiger partial charge in [0.05, 0.1) is 12.1 Å². The lowest BCUT2D eigenvalue weighted by Crippen LogP contribution is -2.37. The van der Waals surface area contributed by atoms with Crippen LogP contribution in [0.1, 0.15) is 37.8 Å². The zero-order valence-corrected chi connectivity index (χ0v) is 14.9. The van der Waals surface area contributed by atoms with Crippen molar-refractivity contribution in [2.45, 2.75) is 44.3 Å². The first-order valence-corrected chi connectivity index (χ1v) is 6.97. The molecule has 22 heavy (non-hydrogen) atoms. The zero-order chi connectivity index (χ0) is 15.7. The summed E-state index contributed by atoms with van der Waals surface area (Å²) in [6, 6.07) is 5.70. The minimum atomic E-state index is -4.31. The second-order valence-corrected chi connectivity index (χ2v) is 5.86. The molecule has 1 aliphatic carbocycles. The first-order valence-electron chi connectivity index (χ1n) is 6.97. The minimum absolute atomic E-state index is 0. The molecule has 0 unspecified atom stereocenters. The number of guanidine groups is 1. The molecule has 124 valence electrons. The third kappa shape index (κ3) is 4.76. The van der Waals surface area contributed by atoms with Gasteiger partial charge in [0.15, 0.2) is 5.96 Å². The molecule has 1 saturated carbocycles. The quantitative estimate of drug-likeness (QED) is 0.438. The van der Waals surface area contributed by atoms with Crippen molar-refractivity contribution in [3.8, 4) is 0 Å². The van der Waals surface area contributed by atoms with Crippen LogP contribution in [-0.2, 0) is 11.6 Å². The maximum absolute atomic E-state index is 12.8. The van der Waals surface area contributed by atoms with E-state index in [9.17, 15) is 13.2 Å². The van der Waals surface area contributed by atoms with Crippen molar-refractivity contribution < 1.29 is 13.2 Å². The Morgan fingerprint density at radius 1 is 1.36 bits per heavy atom. The van der Waals surface area contributed by atoms with Crippen LogP contribution in [0.2, 0.25) is 0 Å². The third-order valence-electron chi connectivity index (χ3n) is 3.64. The molecule has 3 nitrogen and oxygen atoms in total. The normalized spacial score (nSPS) is 17.1. The zero-order valence-electron chi connectivity index (χ0n) is 12.6. The van der Waals surface area contributed by atoms with E-state index in [1.54, 1.807) is 6.07 Å². The third-order valence-corrected chi connectivity index (χ3v) is 3.64. The molecule has 0 heterocycles. The van der Waals surface area contributed by atoms with Crippen LogP contribution in [-0.4, -0.2) is 18.5 Å². The number of rotatable bonds is 4. The van der Waals surface area contributed by atoms with Crippen LogP contribution in [0.4, 0.5) is 13.2 Å². The molecule has 0 spiro atoms. The number of nitrogens with zero attached hydrogens (tertiary/aromatic N) is 1. The van der Waals surface area contributed by atoms with E-state index in [0.29, 0.717) is 18.1 Å². The molecule has 7 heteroatoms.